The Balaban J connectivity index is 1.91. The predicted octanol–water partition coefficient (Wildman–Crippen LogP) is 2.61. The van der Waals surface area contributed by atoms with Gasteiger partial charge in [-0.25, -0.2) is 0 Å². The molecule has 2 rings (SSSR count). The van der Waals surface area contributed by atoms with Crippen LogP contribution in [0.1, 0.15) is 19.4 Å². The van der Waals surface area contributed by atoms with E-state index in [0.717, 1.165) is 5.56 Å². The molecule has 4 heteroatoms. The van der Waals surface area contributed by atoms with Crippen molar-refractivity contribution in [3.63, 3.8) is 0 Å². The van der Waals surface area contributed by atoms with E-state index in [1.165, 1.54) is 0 Å². The van der Waals surface area contributed by atoms with E-state index < -0.39 is 0 Å². The van der Waals surface area contributed by atoms with Crippen LogP contribution in [0, 0.1) is 5.92 Å². The van der Waals surface area contributed by atoms with E-state index in [0.29, 0.717) is 6.61 Å². The quantitative estimate of drug-likeness (QED) is 0.802. The van der Waals surface area contributed by atoms with Crippen LogP contribution in [0.3, 0.4) is 0 Å². The Morgan fingerprint density at radius 3 is 2.40 bits per heavy atom. The molecule has 4 nitrogen and oxygen atoms in total. The lowest BCUT2D eigenvalue weighted by Gasteiger charge is -2.23. The van der Waals surface area contributed by atoms with Gasteiger partial charge in [-0.3, -0.25) is 0 Å². The van der Waals surface area contributed by atoms with E-state index in [4.69, 9.17) is 18.9 Å². The van der Waals surface area contributed by atoms with E-state index in [9.17, 15) is 0 Å². The summed E-state index contributed by atoms with van der Waals surface area (Å²) >= 11 is 0. The van der Waals surface area contributed by atoms with Crippen molar-refractivity contribution in [3.8, 4) is 0 Å². The number of rotatable bonds is 6. The van der Waals surface area contributed by atoms with Gasteiger partial charge in [0.2, 0.25) is 0 Å². The van der Waals surface area contributed by atoms with Gasteiger partial charge in [0.05, 0.1) is 18.8 Å². The van der Waals surface area contributed by atoms with Crippen molar-refractivity contribution in [2.75, 3.05) is 14.2 Å². The lowest BCUT2D eigenvalue weighted by molar-refractivity contribution is -0.172. The van der Waals surface area contributed by atoms with Gasteiger partial charge in [-0.2, -0.15) is 0 Å². The number of hydrogen-bond donors (Lipinski definition) is 0. The average Bonchev–Trinajstić information content (AvgIpc) is 2.82. The second kappa shape index (κ2) is 7.18. The van der Waals surface area contributed by atoms with Crippen molar-refractivity contribution >= 4 is 0 Å². The molecule has 0 bridgehead atoms. The molecular formula is C16H24O4. The van der Waals surface area contributed by atoms with Crippen molar-refractivity contribution in [2.45, 2.75) is 45.1 Å². The molecule has 0 spiro atoms. The van der Waals surface area contributed by atoms with Gasteiger partial charge in [0, 0.05) is 20.1 Å². The third-order valence-electron chi connectivity index (χ3n) is 3.92. The molecule has 0 unspecified atom stereocenters. The van der Waals surface area contributed by atoms with Gasteiger partial charge in [-0.15, -0.1) is 0 Å². The molecule has 0 saturated carbocycles. The van der Waals surface area contributed by atoms with Crippen molar-refractivity contribution in [3.05, 3.63) is 35.9 Å². The molecule has 5 atom stereocenters. The Labute approximate surface area is 121 Å². The summed E-state index contributed by atoms with van der Waals surface area (Å²) in [7, 11) is 3.33. The molecule has 112 valence electrons. The molecule has 0 amide bonds. The van der Waals surface area contributed by atoms with E-state index in [2.05, 4.69) is 19.1 Å². The number of benzene rings is 1. The van der Waals surface area contributed by atoms with Crippen LogP contribution in [-0.4, -0.2) is 38.8 Å². The van der Waals surface area contributed by atoms with E-state index in [1.54, 1.807) is 14.2 Å². The summed E-state index contributed by atoms with van der Waals surface area (Å²) in [5.74, 6) is 0.232. The lowest BCUT2D eigenvalue weighted by Crippen LogP contribution is -2.33. The summed E-state index contributed by atoms with van der Waals surface area (Å²) in [5.41, 5.74) is 1.16. The first-order valence-corrected chi connectivity index (χ1v) is 7.04. The topological polar surface area (TPSA) is 36.9 Å². The summed E-state index contributed by atoms with van der Waals surface area (Å²) < 4.78 is 22.6. The zero-order chi connectivity index (χ0) is 14.5. The fourth-order valence-corrected chi connectivity index (χ4v) is 2.74. The molecule has 20 heavy (non-hydrogen) atoms. The second-order valence-electron chi connectivity index (χ2n) is 5.27. The Bertz CT molecular complexity index is 395. The first kappa shape index (κ1) is 15.4. The molecule has 1 aromatic carbocycles. The van der Waals surface area contributed by atoms with Crippen molar-refractivity contribution in [1.29, 1.82) is 0 Å². The van der Waals surface area contributed by atoms with Gasteiger partial charge in [-0.05, 0) is 12.5 Å². The zero-order valence-corrected chi connectivity index (χ0v) is 12.6. The van der Waals surface area contributed by atoms with Crippen LogP contribution in [0.15, 0.2) is 30.3 Å². The number of methoxy groups -OCH3 is 2. The van der Waals surface area contributed by atoms with Crippen LogP contribution in [0.25, 0.3) is 0 Å². The molecule has 1 aromatic rings. The minimum absolute atomic E-state index is 0.0111. The highest BCUT2D eigenvalue weighted by Gasteiger charge is 2.45. The van der Waals surface area contributed by atoms with E-state index in [-0.39, 0.29) is 30.5 Å². The van der Waals surface area contributed by atoms with Crippen LogP contribution < -0.4 is 0 Å². The second-order valence-corrected chi connectivity index (χ2v) is 5.27. The van der Waals surface area contributed by atoms with Gasteiger partial charge in [0.1, 0.15) is 6.10 Å². The smallest absolute Gasteiger partial charge is 0.184 e. The highest BCUT2D eigenvalue weighted by atomic mass is 16.7. The number of hydrogen-bond acceptors (Lipinski definition) is 4. The summed E-state index contributed by atoms with van der Waals surface area (Å²) in [4.78, 5) is 0. The Hall–Kier alpha value is -0.940. The Morgan fingerprint density at radius 1 is 1.15 bits per heavy atom. The molecule has 0 aromatic heterocycles. The fraction of sp³-hybridized carbons (Fsp3) is 0.625. The van der Waals surface area contributed by atoms with E-state index >= 15 is 0 Å². The molecule has 0 N–H and O–H groups in total. The van der Waals surface area contributed by atoms with Crippen molar-refractivity contribution in [1.82, 2.24) is 0 Å². The monoisotopic (exact) mass is 280 g/mol. The summed E-state index contributed by atoms with van der Waals surface area (Å²) in [5, 5.41) is 0. The third kappa shape index (κ3) is 3.38. The summed E-state index contributed by atoms with van der Waals surface area (Å²) in [6.07, 6.45) is -0.396. The van der Waals surface area contributed by atoms with Crippen LogP contribution >= 0.6 is 0 Å². The maximum atomic E-state index is 5.93. The lowest BCUT2D eigenvalue weighted by atomic mass is 9.97. The molecule has 1 aliphatic heterocycles. The van der Waals surface area contributed by atoms with Gasteiger partial charge in [-0.1, -0.05) is 37.3 Å². The first-order valence-electron chi connectivity index (χ1n) is 7.04. The highest BCUT2D eigenvalue weighted by molar-refractivity contribution is 5.13. The maximum Gasteiger partial charge on any atom is 0.184 e. The van der Waals surface area contributed by atoms with Gasteiger partial charge < -0.3 is 18.9 Å². The normalized spacial score (nSPS) is 31.4. The summed E-state index contributed by atoms with van der Waals surface area (Å²) in [6, 6.07) is 10.1. The molecule has 0 radical (unpaired) electrons. The van der Waals surface area contributed by atoms with Crippen LogP contribution in [-0.2, 0) is 25.6 Å². The highest BCUT2D eigenvalue weighted by Crippen LogP contribution is 2.32. The largest absolute Gasteiger partial charge is 0.376 e. The third-order valence-corrected chi connectivity index (χ3v) is 3.92. The van der Waals surface area contributed by atoms with Crippen molar-refractivity contribution < 1.29 is 18.9 Å². The molecule has 1 aliphatic rings. The first-order chi connectivity index (χ1) is 9.67. The molecule has 1 fully saturated rings. The fourth-order valence-electron chi connectivity index (χ4n) is 2.74. The molecule has 0 aliphatic carbocycles. The maximum absolute atomic E-state index is 5.93. The van der Waals surface area contributed by atoms with Crippen LogP contribution in [0.4, 0.5) is 0 Å². The Kier molecular flexibility index (Phi) is 5.54. The van der Waals surface area contributed by atoms with Gasteiger partial charge in [0.15, 0.2) is 6.29 Å². The van der Waals surface area contributed by atoms with Gasteiger partial charge >= 0.3 is 0 Å². The Morgan fingerprint density at radius 2 is 1.85 bits per heavy atom. The summed E-state index contributed by atoms with van der Waals surface area (Å²) in [6.45, 7) is 4.74. The minimum Gasteiger partial charge on any atom is -0.376 e. The standard InChI is InChI=1S/C16H24O4/c1-11-14(20-16(18-4)15(11)17-3)12(2)19-10-13-8-6-5-7-9-13/h5-9,11-12,14-16H,10H2,1-4H3/t11-,12+,14+,15+,16+/m0/s1. The predicted molar refractivity (Wildman–Crippen MR) is 76.3 cm³/mol. The average molecular weight is 280 g/mol. The van der Waals surface area contributed by atoms with Crippen LogP contribution in [0.2, 0.25) is 0 Å². The SMILES string of the molecule is CO[C@@H]1O[C@@H]([C@@H](C)OCc2ccccc2)[C@H](C)[C@H]1OC. The van der Waals surface area contributed by atoms with Crippen molar-refractivity contribution in [2.24, 2.45) is 5.92 Å². The molecular weight excluding hydrogens is 256 g/mol. The van der Waals surface area contributed by atoms with E-state index in [1.807, 2.05) is 25.1 Å². The molecule has 1 saturated heterocycles. The van der Waals surface area contributed by atoms with Crippen LogP contribution in [0.5, 0.6) is 0 Å². The number of ether oxygens (including phenoxy) is 4. The van der Waals surface area contributed by atoms with Gasteiger partial charge in [0.25, 0.3) is 0 Å². The zero-order valence-electron chi connectivity index (χ0n) is 12.6. The minimum atomic E-state index is -0.317. The molecule has 1 heterocycles.